The number of allylic oxidation sites excluding steroid dienone is 4. The normalized spacial score (nSPS) is 13.2. The van der Waals surface area contributed by atoms with Gasteiger partial charge in [-0.25, -0.2) is 0 Å². The second-order valence-electron chi connectivity index (χ2n) is 13.6. The second kappa shape index (κ2) is 33.3. The van der Waals surface area contributed by atoms with Crippen LogP contribution in [0.5, 0.6) is 0 Å². The van der Waals surface area contributed by atoms with Gasteiger partial charge in [-0.1, -0.05) is 173 Å². The molecule has 0 radical (unpaired) electrons. The predicted molar refractivity (Wildman–Crippen MR) is 193 cm³/mol. The molecule has 0 aliphatic carbocycles. The third kappa shape index (κ3) is 28.2. The van der Waals surface area contributed by atoms with Crippen molar-refractivity contribution in [2.75, 3.05) is 0 Å². The fourth-order valence-electron chi connectivity index (χ4n) is 6.31. The summed E-state index contributed by atoms with van der Waals surface area (Å²) in [7, 11) is 0. The molecule has 0 amide bonds. The van der Waals surface area contributed by atoms with Crippen LogP contribution in [0.1, 0.15) is 220 Å². The summed E-state index contributed by atoms with van der Waals surface area (Å²) in [5.74, 6) is 0. The molecule has 0 bridgehead atoms. The van der Waals surface area contributed by atoms with Crippen LogP contribution < -0.4 is 11.5 Å². The number of hydrogen-bond acceptors (Lipinski definition) is 2. The van der Waals surface area contributed by atoms with Crippen LogP contribution in [0.2, 0.25) is 0 Å². The Morgan fingerprint density at radius 3 is 0.952 bits per heavy atom. The van der Waals surface area contributed by atoms with E-state index in [0.717, 1.165) is 19.3 Å². The molecule has 4 N–H and O–H groups in total. The van der Waals surface area contributed by atoms with Gasteiger partial charge in [0.15, 0.2) is 0 Å². The van der Waals surface area contributed by atoms with Crippen LogP contribution in [0.3, 0.4) is 0 Å². The molecule has 2 nitrogen and oxygen atoms in total. The first-order valence-electron chi connectivity index (χ1n) is 19.4. The topological polar surface area (TPSA) is 52.0 Å². The first kappa shape index (κ1) is 41.4. The summed E-state index contributed by atoms with van der Waals surface area (Å²) in [6.07, 6.45) is 50.8. The Kier molecular flexibility index (Phi) is 32.8. The van der Waals surface area contributed by atoms with E-state index in [1.165, 1.54) is 180 Å². The second-order valence-corrected chi connectivity index (χ2v) is 13.6. The lowest BCUT2D eigenvalue weighted by molar-refractivity contribution is 0.273. The summed E-state index contributed by atoms with van der Waals surface area (Å²) in [5, 5.41) is 0. The van der Waals surface area contributed by atoms with Gasteiger partial charge >= 0.3 is 0 Å². The number of nitrogens with two attached hydrogens (primary N) is 2. The summed E-state index contributed by atoms with van der Waals surface area (Å²) >= 11 is 0. The monoisotopic (exact) mass is 589 g/mol. The van der Waals surface area contributed by atoms with E-state index in [4.69, 9.17) is 11.5 Å². The molecule has 0 aliphatic rings. The molecule has 0 aromatic carbocycles. The minimum atomic E-state index is -0.156. The van der Waals surface area contributed by atoms with Crippen molar-refractivity contribution < 1.29 is 0 Å². The molecular formula is C40H80N2. The molecule has 1 atom stereocenters. The van der Waals surface area contributed by atoms with Crippen LogP contribution in [0, 0.1) is 0 Å². The van der Waals surface area contributed by atoms with E-state index in [2.05, 4.69) is 45.1 Å². The molecule has 0 aliphatic heterocycles. The largest absolute Gasteiger partial charge is 0.326 e. The summed E-state index contributed by atoms with van der Waals surface area (Å²) in [6, 6.07) is 0.142. The molecule has 0 saturated carbocycles. The van der Waals surface area contributed by atoms with E-state index < -0.39 is 0 Å². The molecule has 2 heteroatoms. The molecule has 42 heavy (non-hydrogen) atoms. The van der Waals surface area contributed by atoms with Crippen LogP contribution in [-0.2, 0) is 0 Å². The lowest BCUT2D eigenvalue weighted by Gasteiger charge is -2.35. The van der Waals surface area contributed by atoms with E-state index in [1.807, 2.05) is 0 Å². The minimum Gasteiger partial charge on any atom is -0.326 e. The molecule has 0 saturated heterocycles. The van der Waals surface area contributed by atoms with Gasteiger partial charge in [-0.05, 0) is 70.6 Å². The lowest BCUT2D eigenvalue weighted by atomic mass is 9.80. The molecule has 250 valence electrons. The zero-order valence-corrected chi connectivity index (χ0v) is 29.5. The first-order valence-corrected chi connectivity index (χ1v) is 19.4. The van der Waals surface area contributed by atoms with Gasteiger partial charge in [-0.2, -0.15) is 0 Å². The van der Waals surface area contributed by atoms with Crippen molar-refractivity contribution in [2.24, 2.45) is 11.5 Å². The molecule has 1 unspecified atom stereocenters. The van der Waals surface area contributed by atoms with E-state index >= 15 is 0 Å². The van der Waals surface area contributed by atoms with Gasteiger partial charge in [0.05, 0.1) is 0 Å². The maximum absolute atomic E-state index is 6.93. The van der Waals surface area contributed by atoms with E-state index in [0.29, 0.717) is 0 Å². The van der Waals surface area contributed by atoms with Crippen molar-refractivity contribution in [3.8, 4) is 0 Å². The van der Waals surface area contributed by atoms with E-state index in [9.17, 15) is 0 Å². The standard InChI is InChI=1S/C40H80N2/c1-4-7-9-11-13-15-17-19-21-23-25-27-29-31-33-35-37-40(42,39(41)6-3)38-36-34-32-30-28-26-24-22-20-18-16-14-12-10-8-5-2/h19-22,39H,4-18,23-38,41-42H2,1-3H3/b21-19-,22-20-. The quantitative estimate of drug-likeness (QED) is 0.0580. The SMILES string of the molecule is CCCCCCCC/C=C\CCCCCCCCC(N)(CCCCCCCC/C=C\CCCCCCCC)C(N)CC. The van der Waals surface area contributed by atoms with Crippen LogP contribution in [-0.4, -0.2) is 11.6 Å². The Hall–Kier alpha value is -0.600. The van der Waals surface area contributed by atoms with Crippen LogP contribution in [0.15, 0.2) is 24.3 Å². The zero-order valence-electron chi connectivity index (χ0n) is 29.5. The highest BCUT2D eigenvalue weighted by molar-refractivity contribution is 4.93. The summed E-state index contributed by atoms with van der Waals surface area (Å²) in [4.78, 5) is 0. The van der Waals surface area contributed by atoms with Gasteiger partial charge < -0.3 is 11.5 Å². The highest BCUT2D eigenvalue weighted by atomic mass is 14.8. The van der Waals surface area contributed by atoms with Crippen molar-refractivity contribution in [2.45, 2.75) is 231 Å². The van der Waals surface area contributed by atoms with Crippen molar-refractivity contribution in [3.63, 3.8) is 0 Å². The summed E-state index contributed by atoms with van der Waals surface area (Å²) in [6.45, 7) is 6.79. The van der Waals surface area contributed by atoms with Crippen molar-refractivity contribution in [1.29, 1.82) is 0 Å². The van der Waals surface area contributed by atoms with Crippen LogP contribution >= 0.6 is 0 Å². The third-order valence-electron chi connectivity index (χ3n) is 9.49. The molecule has 0 spiro atoms. The minimum absolute atomic E-state index is 0.142. The number of rotatable bonds is 34. The molecule has 0 aromatic rings. The highest BCUT2D eigenvalue weighted by Crippen LogP contribution is 2.25. The van der Waals surface area contributed by atoms with Crippen LogP contribution in [0.4, 0.5) is 0 Å². The van der Waals surface area contributed by atoms with E-state index in [1.54, 1.807) is 0 Å². The first-order chi connectivity index (χ1) is 20.6. The average molecular weight is 589 g/mol. The fraction of sp³-hybridized carbons (Fsp3) is 0.900. The van der Waals surface area contributed by atoms with Gasteiger partial charge in [0.25, 0.3) is 0 Å². The van der Waals surface area contributed by atoms with Gasteiger partial charge in [0, 0.05) is 11.6 Å². The predicted octanol–water partition coefficient (Wildman–Crippen LogP) is 13.3. The summed E-state index contributed by atoms with van der Waals surface area (Å²) < 4.78 is 0. The Labute approximate surface area is 266 Å². The fourth-order valence-corrected chi connectivity index (χ4v) is 6.31. The molecule has 0 heterocycles. The van der Waals surface area contributed by atoms with E-state index in [-0.39, 0.29) is 11.6 Å². The van der Waals surface area contributed by atoms with Gasteiger partial charge in [0.2, 0.25) is 0 Å². The average Bonchev–Trinajstić information content (AvgIpc) is 3.00. The van der Waals surface area contributed by atoms with Gasteiger partial charge in [0.1, 0.15) is 0 Å². The number of hydrogen-bond donors (Lipinski definition) is 2. The Balaban J connectivity index is 3.71. The van der Waals surface area contributed by atoms with Gasteiger partial charge in [-0.3, -0.25) is 0 Å². The Bertz CT molecular complexity index is 524. The lowest BCUT2D eigenvalue weighted by Crippen LogP contribution is -2.55. The van der Waals surface area contributed by atoms with Crippen molar-refractivity contribution >= 4 is 0 Å². The molecule has 0 aromatic heterocycles. The Morgan fingerprint density at radius 2 is 0.667 bits per heavy atom. The Morgan fingerprint density at radius 1 is 0.405 bits per heavy atom. The van der Waals surface area contributed by atoms with Crippen molar-refractivity contribution in [1.82, 2.24) is 0 Å². The van der Waals surface area contributed by atoms with Crippen molar-refractivity contribution in [3.05, 3.63) is 24.3 Å². The summed E-state index contributed by atoms with van der Waals surface area (Å²) in [5.41, 5.74) is 13.3. The third-order valence-corrected chi connectivity index (χ3v) is 9.49. The zero-order chi connectivity index (χ0) is 30.8. The maximum Gasteiger partial charge on any atom is 0.0307 e. The molecule has 0 rings (SSSR count). The molecular weight excluding hydrogens is 508 g/mol. The van der Waals surface area contributed by atoms with Gasteiger partial charge in [-0.15, -0.1) is 0 Å². The van der Waals surface area contributed by atoms with Crippen LogP contribution in [0.25, 0.3) is 0 Å². The smallest absolute Gasteiger partial charge is 0.0307 e. The maximum atomic E-state index is 6.93. The molecule has 0 fully saturated rings. The number of unbranched alkanes of at least 4 members (excludes halogenated alkanes) is 24. The highest BCUT2D eigenvalue weighted by Gasteiger charge is 2.30.